The molecule has 0 saturated heterocycles. The summed E-state index contributed by atoms with van der Waals surface area (Å²) in [7, 11) is 0. The van der Waals surface area contributed by atoms with Crippen molar-refractivity contribution in [2.45, 2.75) is 6.42 Å². The van der Waals surface area contributed by atoms with Gasteiger partial charge in [-0.2, -0.15) is 5.10 Å². The third-order valence-electron chi connectivity index (χ3n) is 3.68. The summed E-state index contributed by atoms with van der Waals surface area (Å²) in [6.07, 6.45) is -0.0515. The van der Waals surface area contributed by atoms with Crippen LogP contribution in [0.2, 0.25) is 10.0 Å². The quantitative estimate of drug-likeness (QED) is 0.271. The van der Waals surface area contributed by atoms with Gasteiger partial charge in [0.15, 0.2) is 5.75 Å². The molecule has 0 amide bonds. The molecule has 0 bridgehead atoms. The Morgan fingerprint density at radius 1 is 1.21 bits per heavy atom. The summed E-state index contributed by atoms with van der Waals surface area (Å²) in [6, 6.07) is 11.7. The first-order valence-electron chi connectivity index (χ1n) is 7.84. The molecule has 0 aliphatic heterocycles. The molecule has 3 N–H and O–H groups in total. The molecule has 0 saturated carbocycles. The molecule has 144 valence electrons. The smallest absolute Gasteiger partial charge is 0.352 e. The molecule has 10 heteroatoms. The lowest BCUT2D eigenvalue weighted by atomic mass is 10.1. The maximum Gasteiger partial charge on any atom is 0.352 e. The van der Waals surface area contributed by atoms with Gasteiger partial charge < -0.3 is 9.99 Å². The minimum absolute atomic E-state index is 0.0515. The van der Waals surface area contributed by atoms with Gasteiger partial charge in [-0.3, -0.25) is 5.43 Å². The first-order valence-corrected chi connectivity index (χ1v) is 9.47. The maximum absolute atomic E-state index is 11.5. The number of hydrazone groups is 1. The molecule has 3 rings (SSSR count). The number of aliphatic carboxylic acids is 1. The average Bonchev–Trinajstić information content (AvgIpc) is 3.16. The Labute approximate surface area is 173 Å². The molecule has 0 fully saturated rings. The van der Waals surface area contributed by atoms with Crippen LogP contribution in [0.3, 0.4) is 0 Å². The number of nitrogens with zero attached hydrogens (tertiary/aromatic N) is 2. The van der Waals surface area contributed by atoms with Crippen LogP contribution in [0.4, 0.5) is 5.13 Å². The van der Waals surface area contributed by atoms with Crippen molar-refractivity contribution in [1.82, 2.24) is 4.98 Å². The number of rotatable bonds is 7. The van der Waals surface area contributed by atoms with E-state index in [4.69, 9.17) is 28.5 Å². The highest BCUT2D eigenvalue weighted by Crippen LogP contribution is 2.30. The van der Waals surface area contributed by atoms with Gasteiger partial charge in [-0.15, -0.1) is 11.3 Å². The predicted octanol–water partition coefficient (Wildman–Crippen LogP) is 5.06. The summed E-state index contributed by atoms with van der Waals surface area (Å²) in [5, 5.41) is 25.3. The van der Waals surface area contributed by atoms with Crippen LogP contribution >= 0.6 is 34.5 Å². The van der Waals surface area contributed by atoms with Gasteiger partial charge in [-0.05, 0) is 18.2 Å². The zero-order chi connectivity index (χ0) is 20.1. The van der Waals surface area contributed by atoms with E-state index in [-0.39, 0.29) is 17.9 Å². The first kappa shape index (κ1) is 20.1. The van der Waals surface area contributed by atoms with E-state index in [9.17, 15) is 9.90 Å². The van der Waals surface area contributed by atoms with Crippen LogP contribution in [0, 0.1) is 0 Å². The van der Waals surface area contributed by atoms with E-state index in [1.807, 2.05) is 0 Å². The second kappa shape index (κ2) is 9.03. The monoisotopic (exact) mass is 437 g/mol. The van der Waals surface area contributed by atoms with Gasteiger partial charge in [0, 0.05) is 22.9 Å². The molecule has 3 aromatic rings. The number of carbonyl (C=O) groups is 1. The Morgan fingerprint density at radius 2 is 2.00 bits per heavy atom. The van der Waals surface area contributed by atoms with Gasteiger partial charge in [0.25, 0.3) is 0 Å². The molecular formula is C18H13Cl2N3O4S. The van der Waals surface area contributed by atoms with Crippen LogP contribution in [0.25, 0.3) is 11.3 Å². The van der Waals surface area contributed by atoms with Crippen molar-refractivity contribution in [2.75, 3.05) is 5.43 Å². The van der Waals surface area contributed by atoms with Crippen molar-refractivity contribution in [3.8, 4) is 17.0 Å². The van der Waals surface area contributed by atoms with Crippen molar-refractivity contribution < 1.29 is 20.0 Å². The Hall–Kier alpha value is -2.65. The second-order valence-electron chi connectivity index (χ2n) is 5.52. The van der Waals surface area contributed by atoms with E-state index in [1.54, 1.807) is 41.8 Å². The molecule has 0 radical (unpaired) electrons. The highest BCUT2D eigenvalue weighted by Gasteiger charge is 2.15. The van der Waals surface area contributed by atoms with Gasteiger partial charge in [0.1, 0.15) is 5.71 Å². The van der Waals surface area contributed by atoms with E-state index in [0.29, 0.717) is 26.4 Å². The molecule has 2 aromatic carbocycles. The lowest BCUT2D eigenvalue weighted by Gasteiger charge is -2.06. The topological polar surface area (TPSA) is 104 Å². The van der Waals surface area contributed by atoms with E-state index < -0.39 is 5.97 Å². The SMILES string of the molecule is O=C(O)/C(Cc1ccccc1OO)=N/Nc1nc(-c2ccc(Cl)c(Cl)c2)cs1. The van der Waals surface area contributed by atoms with Gasteiger partial charge in [0.2, 0.25) is 5.13 Å². The van der Waals surface area contributed by atoms with E-state index in [0.717, 1.165) is 5.56 Å². The minimum Gasteiger partial charge on any atom is -0.477 e. The summed E-state index contributed by atoms with van der Waals surface area (Å²) >= 11 is 13.2. The Bertz CT molecular complexity index is 1040. The molecule has 0 aliphatic rings. The van der Waals surface area contributed by atoms with Gasteiger partial charge in [-0.25, -0.2) is 15.0 Å². The van der Waals surface area contributed by atoms with Gasteiger partial charge >= 0.3 is 5.97 Å². The fourth-order valence-corrected chi connectivity index (χ4v) is 3.27. The fourth-order valence-electron chi connectivity index (χ4n) is 2.31. The largest absolute Gasteiger partial charge is 0.477 e. The summed E-state index contributed by atoms with van der Waals surface area (Å²) in [4.78, 5) is 20.1. The lowest BCUT2D eigenvalue weighted by Crippen LogP contribution is -2.18. The van der Waals surface area contributed by atoms with Crippen molar-refractivity contribution in [1.29, 1.82) is 0 Å². The molecular weight excluding hydrogens is 425 g/mol. The number of benzene rings is 2. The fraction of sp³-hybridized carbons (Fsp3) is 0.0556. The molecule has 0 aliphatic carbocycles. The van der Waals surface area contributed by atoms with Crippen molar-refractivity contribution in [3.63, 3.8) is 0 Å². The summed E-state index contributed by atoms with van der Waals surface area (Å²) in [5.41, 5.74) is 4.38. The van der Waals surface area contributed by atoms with Crippen LogP contribution in [0.15, 0.2) is 52.9 Å². The molecule has 1 aromatic heterocycles. The summed E-state index contributed by atoms with van der Waals surface area (Å²) < 4.78 is 0. The van der Waals surface area contributed by atoms with Crippen LogP contribution in [-0.2, 0) is 11.2 Å². The van der Waals surface area contributed by atoms with Crippen LogP contribution in [0.5, 0.6) is 5.75 Å². The minimum atomic E-state index is -1.21. The number of hydrogen-bond donors (Lipinski definition) is 3. The number of carboxylic acids is 1. The third kappa shape index (κ3) is 4.79. The molecule has 0 spiro atoms. The number of halogens is 2. The van der Waals surface area contributed by atoms with E-state index in [1.165, 1.54) is 17.4 Å². The average molecular weight is 438 g/mol. The number of aromatic nitrogens is 1. The highest BCUT2D eigenvalue weighted by atomic mass is 35.5. The second-order valence-corrected chi connectivity index (χ2v) is 7.19. The zero-order valence-corrected chi connectivity index (χ0v) is 16.4. The van der Waals surface area contributed by atoms with Crippen molar-refractivity contribution >= 4 is 51.4 Å². The zero-order valence-electron chi connectivity index (χ0n) is 14.1. The highest BCUT2D eigenvalue weighted by molar-refractivity contribution is 7.14. The van der Waals surface area contributed by atoms with Gasteiger partial charge in [-0.1, -0.05) is 47.5 Å². The lowest BCUT2D eigenvalue weighted by molar-refractivity contribution is -0.138. The predicted molar refractivity (Wildman–Crippen MR) is 110 cm³/mol. The normalized spacial score (nSPS) is 11.3. The Balaban J connectivity index is 1.78. The van der Waals surface area contributed by atoms with Crippen LogP contribution in [-0.4, -0.2) is 27.0 Å². The number of nitrogens with one attached hydrogen (secondary N) is 1. The summed E-state index contributed by atoms with van der Waals surface area (Å²) in [6.45, 7) is 0. The van der Waals surface area contributed by atoms with Gasteiger partial charge in [0.05, 0.1) is 15.7 Å². The molecule has 1 heterocycles. The standard InChI is InChI=1S/C18H13Cl2N3O4S/c19-12-6-5-10(7-13(12)20)15-9-28-18(21-15)23-22-14(17(24)25)8-11-3-1-2-4-16(11)27-26/h1-7,9,26H,8H2,(H,21,23)(H,24,25)/b22-14+. The van der Waals surface area contributed by atoms with E-state index in [2.05, 4.69) is 20.4 Å². The number of thiazole rings is 1. The van der Waals surface area contributed by atoms with Crippen molar-refractivity contribution in [3.05, 3.63) is 63.5 Å². The number of para-hydroxylation sites is 1. The summed E-state index contributed by atoms with van der Waals surface area (Å²) in [5.74, 6) is -1.05. The third-order valence-corrected chi connectivity index (χ3v) is 5.17. The van der Waals surface area contributed by atoms with Crippen LogP contribution < -0.4 is 10.3 Å². The molecule has 28 heavy (non-hydrogen) atoms. The van der Waals surface area contributed by atoms with Crippen LogP contribution in [0.1, 0.15) is 5.56 Å². The van der Waals surface area contributed by atoms with E-state index >= 15 is 0 Å². The number of carboxylic acid groups (broad SMARTS) is 1. The number of anilines is 1. The first-order chi connectivity index (χ1) is 13.5. The Kier molecular flexibility index (Phi) is 6.48. The molecule has 0 atom stereocenters. The number of hydrogen-bond acceptors (Lipinski definition) is 7. The maximum atomic E-state index is 11.5. The Morgan fingerprint density at radius 3 is 2.71 bits per heavy atom. The molecule has 7 nitrogen and oxygen atoms in total. The van der Waals surface area contributed by atoms with Crippen molar-refractivity contribution in [2.24, 2.45) is 5.10 Å². The molecule has 0 unspecified atom stereocenters.